The lowest BCUT2D eigenvalue weighted by Crippen LogP contribution is -1.97. The van der Waals surface area contributed by atoms with Crippen LogP contribution in [0.4, 0.5) is 0 Å². The van der Waals surface area contributed by atoms with E-state index in [1.807, 2.05) is 0 Å². The minimum atomic E-state index is -0.521. The van der Waals surface area contributed by atoms with E-state index >= 15 is 0 Å². The molecule has 0 aliphatic rings. The van der Waals surface area contributed by atoms with E-state index in [0.29, 0.717) is 5.82 Å². The highest BCUT2D eigenvalue weighted by Gasteiger charge is 2.08. The quantitative estimate of drug-likeness (QED) is 0.434. The van der Waals surface area contributed by atoms with Gasteiger partial charge >= 0.3 is 0 Å². The summed E-state index contributed by atoms with van der Waals surface area (Å²) >= 11 is 0. The first kappa shape index (κ1) is 6.66. The normalized spacial score (nSPS) is 9.70. The van der Waals surface area contributed by atoms with Crippen molar-refractivity contribution in [3.63, 3.8) is 0 Å². The Bertz CT molecular complexity index is 244. The van der Waals surface area contributed by atoms with Crippen LogP contribution in [-0.4, -0.2) is 15.1 Å². The Balaban J connectivity index is 2.67. The molecule has 1 aromatic heterocycles. The van der Waals surface area contributed by atoms with Crippen LogP contribution in [0.2, 0.25) is 0 Å². The summed E-state index contributed by atoms with van der Waals surface area (Å²) in [6.45, 7) is 1.20. The molecule has 10 heavy (non-hydrogen) atoms. The van der Waals surface area contributed by atoms with Gasteiger partial charge in [-0.3, -0.25) is 10.1 Å². The largest absolute Gasteiger partial charge is 0.332 e. The number of rotatable bonds is 2. The molecule has 0 aromatic carbocycles. The van der Waals surface area contributed by atoms with Gasteiger partial charge in [0.15, 0.2) is 5.82 Å². The van der Waals surface area contributed by atoms with E-state index in [1.54, 1.807) is 6.92 Å². The third kappa shape index (κ3) is 1.51. The van der Waals surface area contributed by atoms with Gasteiger partial charge in [-0.25, -0.2) is 0 Å². The maximum absolute atomic E-state index is 9.86. The Morgan fingerprint density at radius 2 is 2.50 bits per heavy atom. The van der Waals surface area contributed by atoms with Gasteiger partial charge in [0.05, 0.1) is 0 Å². The Kier molecular flexibility index (Phi) is 1.61. The molecule has 0 spiro atoms. The Labute approximate surface area is 56.0 Å². The molecular weight excluding hydrogens is 138 g/mol. The average Bonchev–Trinajstić information content (AvgIpc) is 2.13. The minimum absolute atomic E-state index is 0.0440. The highest BCUT2D eigenvalue weighted by molar-refractivity contribution is 4.79. The summed E-state index contributed by atoms with van der Waals surface area (Å²) in [4.78, 5) is 13.0. The molecule has 0 saturated heterocycles. The molecule has 0 unspecified atom stereocenters. The molecule has 6 nitrogen and oxygen atoms in total. The van der Waals surface area contributed by atoms with Crippen molar-refractivity contribution in [1.82, 2.24) is 10.1 Å². The van der Waals surface area contributed by atoms with E-state index in [0.717, 1.165) is 0 Å². The highest BCUT2D eigenvalue weighted by atomic mass is 16.6. The first-order chi connectivity index (χ1) is 4.68. The number of aryl methyl sites for hydroxylation is 1. The van der Waals surface area contributed by atoms with E-state index in [-0.39, 0.29) is 5.89 Å². The maximum Gasteiger partial charge on any atom is 0.298 e. The molecule has 0 fully saturated rings. The maximum atomic E-state index is 9.86. The van der Waals surface area contributed by atoms with E-state index in [4.69, 9.17) is 0 Å². The molecule has 6 heteroatoms. The molecule has 0 radical (unpaired) electrons. The van der Waals surface area contributed by atoms with E-state index < -0.39 is 11.5 Å². The van der Waals surface area contributed by atoms with Crippen LogP contribution in [0.15, 0.2) is 4.52 Å². The Morgan fingerprint density at radius 1 is 1.80 bits per heavy atom. The Morgan fingerprint density at radius 3 is 2.90 bits per heavy atom. The van der Waals surface area contributed by atoms with Gasteiger partial charge in [0.2, 0.25) is 0 Å². The van der Waals surface area contributed by atoms with Gasteiger partial charge in [0, 0.05) is 4.92 Å². The zero-order valence-corrected chi connectivity index (χ0v) is 5.27. The summed E-state index contributed by atoms with van der Waals surface area (Å²) in [6, 6.07) is 0. The van der Waals surface area contributed by atoms with Crippen LogP contribution in [0.5, 0.6) is 0 Å². The van der Waals surface area contributed by atoms with Gasteiger partial charge in [-0.05, 0) is 6.92 Å². The fraction of sp³-hybridized carbons (Fsp3) is 0.500. The van der Waals surface area contributed by atoms with Crippen molar-refractivity contribution in [1.29, 1.82) is 0 Å². The third-order valence-electron chi connectivity index (χ3n) is 0.834. The monoisotopic (exact) mass is 143 g/mol. The molecule has 0 bridgehead atoms. The summed E-state index contributed by atoms with van der Waals surface area (Å²) in [6.07, 6.45) is 0. The zero-order valence-electron chi connectivity index (χ0n) is 5.27. The fourth-order valence-corrected chi connectivity index (χ4v) is 0.515. The molecule has 1 heterocycles. The predicted octanol–water partition coefficient (Wildman–Crippen LogP) is 0.155. The molecule has 1 aromatic rings. The second-order valence-corrected chi connectivity index (χ2v) is 1.73. The summed E-state index contributed by atoms with van der Waals surface area (Å²) in [7, 11) is 0. The van der Waals surface area contributed by atoms with E-state index in [2.05, 4.69) is 14.7 Å². The molecule has 1 rings (SSSR count). The zero-order chi connectivity index (χ0) is 7.56. The number of aromatic nitrogens is 2. The summed E-state index contributed by atoms with van der Waals surface area (Å²) < 4.78 is 4.47. The second-order valence-electron chi connectivity index (χ2n) is 1.73. The lowest BCUT2D eigenvalue weighted by Gasteiger charge is -1.81. The first-order valence-electron chi connectivity index (χ1n) is 2.59. The van der Waals surface area contributed by atoms with E-state index in [9.17, 15) is 10.1 Å². The van der Waals surface area contributed by atoms with Crippen molar-refractivity contribution in [3.05, 3.63) is 21.8 Å². The number of hydrogen-bond donors (Lipinski definition) is 0. The van der Waals surface area contributed by atoms with Crippen molar-refractivity contribution < 1.29 is 9.45 Å². The lowest BCUT2D eigenvalue weighted by atomic mass is 10.6. The third-order valence-corrected chi connectivity index (χ3v) is 0.834. The van der Waals surface area contributed by atoms with Crippen molar-refractivity contribution in [3.8, 4) is 0 Å². The fourth-order valence-electron chi connectivity index (χ4n) is 0.515. The van der Waals surface area contributed by atoms with Crippen LogP contribution in [0.1, 0.15) is 11.7 Å². The molecule has 0 aliphatic carbocycles. The number of nitro groups is 1. The standard InChI is InChI=1S/C4H5N3O3/c1-3-5-4(10-6-3)2-7(8)9/h2H2,1H3. The summed E-state index contributed by atoms with van der Waals surface area (Å²) in [5.74, 6) is 0.458. The first-order valence-corrected chi connectivity index (χ1v) is 2.59. The molecular formula is C4H5N3O3. The van der Waals surface area contributed by atoms with Gasteiger partial charge in [0.1, 0.15) is 0 Å². The SMILES string of the molecule is Cc1noc(C[N+](=O)[O-])n1. The van der Waals surface area contributed by atoms with Crippen LogP contribution >= 0.6 is 0 Å². The molecule has 0 aliphatic heterocycles. The molecule has 0 N–H and O–H groups in total. The van der Waals surface area contributed by atoms with Crippen molar-refractivity contribution >= 4 is 0 Å². The van der Waals surface area contributed by atoms with Crippen molar-refractivity contribution in [2.75, 3.05) is 0 Å². The lowest BCUT2D eigenvalue weighted by molar-refractivity contribution is -0.500. The van der Waals surface area contributed by atoms with Crippen LogP contribution < -0.4 is 0 Å². The summed E-state index contributed by atoms with van der Waals surface area (Å²) in [5.41, 5.74) is 0. The van der Waals surface area contributed by atoms with Crippen LogP contribution in [0.3, 0.4) is 0 Å². The van der Waals surface area contributed by atoms with Gasteiger partial charge in [-0.15, -0.1) is 0 Å². The predicted molar refractivity (Wildman–Crippen MR) is 29.7 cm³/mol. The Hall–Kier alpha value is -1.46. The molecule has 0 saturated carbocycles. The van der Waals surface area contributed by atoms with Crippen LogP contribution in [-0.2, 0) is 6.54 Å². The average molecular weight is 143 g/mol. The topological polar surface area (TPSA) is 82.1 Å². The van der Waals surface area contributed by atoms with Crippen molar-refractivity contribution in [2.24, 2.45) is 0 Å². The van der Waals surface area contributed by atoms with Gasteiger partial charge in [0.25, 0.3) is 12.4 Å². The molecule has 0 atom stereocenters. The van der Waals surface area contributed by atoms with E-state index in [1.165, 1.54) is 0 Å². The van der Waals surface area contributed by atoms with Crippen molar-refractivity contribution in [2.45, 2.75) is 13.5 Å². The second kappa shape index (κ2) is 2.42. The number of nitrogens with zero attached hydrogens (tertiary/aromatic N) is 3. The molecule has 54 valence electrons. The van der Waals surface area contributed by atoms with Gasteiger partial charge in [-0.2, -0.15) is 4.98 Å². The van der Waals surface area contributed by atoms with Crippen LogP contribution in [0, 0.1) is 17.0 Å². The molecule has 0 amide bonds. The minimum Gasteiger partial charge on any atom is -0.332 e. The smallest absolute Gasteiger partial charge is 0.298 e. The van der Waals surface area contributed by atoms with Gasteiger partial charge in [-0.1, -0.05) is 5.16 Å². The van der Waals surface area contributed by atoms with Gasteiger partial charge < -0.3 is 4.52 Å². The van der Waals surface area contributed by atoms with Crippen LogP contribution in [0.25, 0.3) is 0 Å². The number of hydrogen-bond acceptors (Lipinski definition) is 5. The summed E-state index contributed by atoms with van der Waals surface area (Å²) in [5, 5.41) is 13.2. The highest BCUT2D eigenvalue weighted by Crippen LogP contribution is 1.95.